The zero-order chi connectivity index (χ0) is 17.9. The van der Waals surface area contributed by atoms with Crippen LogP contribution in [0.1, 0.15) is 32.0 Å². The van der Waals surface area contributed by atoms with E-state index >= 15 is 0 Å². The third-order valence-corrected chi connectivity index (χ3v) is 3.32. The minimum atomic E-state index is 0. The molecule has 2 rings (SSSR count). The molecule has 0 unspecified atom stereocenters. The Kier molecular flexibility index (Phi) is 10.6. The molecule has 0 aromatic carbocycles. The molecule has 0 bridgehead atoms. The van der Waals surface area contributed by atoms with Gasteiger partial charge in [0, 0.05) is 43.7 Å². The molecular weight excluding hydrogens is 441 g/mol. The lowest BCUT2D eigenvalue weighted by Gasteiger charge is -2.11. The SMILES string of the molecule is CCNC(=NCc1ccc(OC(C)C)nc1)NCCc1ccccn1.I. The Morgan fingerprint density at radius 1 is 1.15 bits per heavy atom. The quantitative estimate of drug-likeness (QED) is 0.353. The summed E-state index contributed by atoms with van der Waals surface area (Å²) in [5.41, 5.74) is 2.11. The highest BCUT2D eigenvalue weighted by Crippen LogP contribution is 2.10. The third-order valence-electron chi connectivity index (χ3n) is 3.32. The van der Waals surface area contributed by atoms with E-state index in [-0.39, 0.29) is 30.1 Å². The molecule has 0 aliphatic carbocycles. The van der Waals surface area contributed by atoms with Crippen LogP contribution in [0.2, 0.25) is 0 Å². The fraction of sp³-hybridized carbons (Fsp3) is 0.421. The highest BCUT2D eigenvalue weighted by atomic mass is 127. The lowest BCUT2D eigenvalue weighted by Crippen LogP contribution is -2.38. The largest absolute Gasteiger partial charge is 0.475 e. The van der Waals surface area contributed by atoms with E-state index in [0.29, 0.717) is 12.4 Å². The molecule has 6 nitrogen and oxygen atoms in total. The van der Waals surface area contributed by atoms with Crippen LogP contribution in [-0.2, 0) is 13.0 Å². The molecule has 142 valence electrons. The fourth-order valence-corrected chi connectivity index (χ4v) is 2.18. The number of hydrogen-bond acceptors (Lipinski definition) is 4. The first-order valence-electron chi connectivity index (χ1n) is 8.71. The lowest BCUT2D eigenvalue weighted by molar-refractivity contribution is 0.232. The van der Waals surface area contributed by atoms with Gasteiger partial charge in [-0.3, -0.25) is 4.98 Å². The van der Waals surface area contributed by atoms with Crippen molar-refractivity contribution in [3.05, 3.63) is 54.0 Å². The number of pyridine rings is 2. The molecule has 0 fully saturated rings. The van der Waals surface area contributed by atoms with Gasteiger partial charge in [-0.05, 0) is 38.5 Å². The summed E-state index contributed by atoms with van der Waals surface area (Å²) in [7, 11) is 0. The lowest BCUT2D eigenvalue weighted by atomic mass is 10.3. The Morgan fingerprint density at radius 2 is 2.00 bits per heavy atom. The van der Waals surface area contributed by atoms with Gasteiger partial charge in [0.15, 0.2) is 5.96 Å². The molecule has 0 aliphatic rings. The van der Waals surface area contributed by atoms with Gasteiger partial charge >= 0.3 is 0 Å². The molecule has 2 N–H and O–H groups in total. The van der Waals surface area contributed by atoms with Gasteiger partial charge in [0.05, 0.1) is 12.6 Å². The monoisotopic (exact) mass is 469 g/mol. The number of guanidine groups is 1. The summed E-state index contributed by atoms with van der Waals surface area (Å²) in [4.78, 5) is 13.2. The summed E-state index contributed by atoms with van der Waals surface area (Å²) in [6.45, 7) is 8.18. The summed E-state index contributed by atoms with van der Waals surface area (Å²) >= 11 is 0. The van der Waals surface area contributed by atoms with Crippen LogP contribution in [0.15, 0.2) is 47.7 Å². The number of aromatic nitrogens is 2. The normalized spacial score (nSPS) is 11.0. The van der Waals surface area contributed by atoms with Gasteiger partial charge in [-0.25, -0.2) is 9.98 Å². The second-order valence-corrected chi connectivity index (χ2v) is 5.86. The molecule has 0 saturated heterocycles. The molecule has 7 heteroatoms. The fourth-order valence-electron chi connectivity index (χ4n) is 2.18. The Balaban J connectivity index is 0.00000338. The number of nitrogens with zero attached hydrogens (tertiary/aromatic N) is 3. The van der Waals surface area contributed by atoms with Crippen LogP contribution in [0.5, 0.6) is 5.88 Å². The summed E-state index contributed by atoms with van der Waals surface area (Å²) in [6, 6.07) is 9.82. The van der Waals surface area contributed by atoms with Crippen molar-refractivity contribution in [2.45, 2.75) is 39.8 Å². The molecule has 0 aliphatic heterocycles. The Hall–Kier alpha value is -1.90. The zero-order valence-electron chi connectivity index (χ0n) is 15.6. The Morgan fingerprint density at radius 3 is 2.62 bits per heavy atom. The first-order chi connectivity index (χ1) is 12.2. The van der Waals surface area contributed by atoms with Crippen molar-refractivity contribution in [2.75, 3.05) is 13.1 Å². The number of nitrogens with one attached hydrogen (secondary N) is 2. The van der Waals surface area contributed by atoms with Crippen LogP contribution in [0.25, 0.3) is 0 Å². The van der Waals surface area contributed by atoms with Crippen LogP contribution >= 0.6 is 24.0 Å². The van der Waals surface area contributed by atoms with Gasteiger partial charge < -0.3 is 15.4 Å². The van der Waals surface area contributed by atoms with Gasteiger partial charge in [-0.15, -0.1) is 24.0 Å². The maximum absolute atomic E-state index is 5.55. The van der Waals surface area contributed by atoms with Crippen LogP contribution < -0.4 is 15.4 Å². The summed E-state index contributed by atoms with van der Waals surface area (Å²) in [5.74, 6) is 1.43. The maximum Gasteiger partial charge on any atom is 0.213 e. The summed E-state index contributed by atoms with van der Waals surface area (Å²) in [5, 5.41) is 6.58. The van der Waals surface area contributed by atoms with E-state index < -0.39 is 0 Å². The van der Waals surface area contributed by atoms with E-state index in [1.165, 1.54) is 0 Å². The topological polar surface area (TPSA) is 71.4 Å². The summed E-state index contributed by atoms with van der Waals surface area (Å²) < 4.78 is 5.55. The van der Waals surface area contributed by atoms with E-state index in [1.54, 1.807) is 6.20 Å². The maximum atomic E-state index is 5.55. The Labute approximate surface area is 172 Å². The molecule has 26 heavy (non-hydrogen) atoms. The van der Waals surface area contributed by atoms with Crippen molar-refractivity contribution < 1.29 is 4.74 Å². The first kappa shape index (κ1) is 22.1. The van der Waals surface area contributed by atoms with Gasteiger partial charge in [0.2, 0.25) is 5.88 Å². The number of ether oxygens (including phenoxy) is 1. The number of hydrogen-bond donors (Lipinski definition) is 2. The molecular formula is C19H28IN5O. The molecule has 2 aromatic rings. The highest BCUT2D eigenvalue weighted by Gasteiger charge is 2.01. The molecule has 2 heterocycles. The smallest absolute Gasteiger partial charge is 0.213 e. The average molecular weight is 469 g/mol. The van der Waals surface area contributed by atoms with E-state index in [2.05, 4.69) is 32.5 Å². The van der Waals surface area contributed by atoms with Crippen LogP contribution in [0.4, 0.5) is 0 Å². The van der Waals surface area contributed by atoms with Gasteiger partial charge in [0.25, 0.3) is 0 Å². The van der Waals surface area contributed by atoms with Crippen molar-refractivity contribution >= 4 is 29.9 Å². The summed E-state index contributed by atoms with van der Waals surface area (Å²) in [6.07, 6.45) is 4.60. The third kappa shape index (κ3) is 8.46. The molecule has 0 spiro atoms. The predicted octanol–water partition coefficient (Wildman–Crippen LogP) is 3.18. The molecule has 0 radical (unpaired) electrons. The standard InChI is InChI=1S/C19H27N5O.HI/c1-4-20-19(22-12-10-17-7-5-6-11-21-17)24-14-16-8-9-18(23-13-16)25-15(2)3;/h5-9,11,13,15H,4,10,12,14H2,1-3H3,(H2,20,22,24);1H. The van der Waals surface area contributed by atoms with E-state index in [9.17, 15) is 0 Å². The van der Waals surface area contributed by atoms with Gasteiger partial charge in [-0.2, -0.15) is 0 Å². The minimum Gasteiger partial charge on any atom is -0.475 e. The van der Waals surface area contributed by atoms with Gasteiger partial charge in [-0.1, -0.05) is 12.1 Å². The van der Waals surface area contributed by atoms with Crippen LogP contribution in [-0.4, -0.2) is 35.1 Å². The average Bonchev–Trinajstić information content (AvgIpc) is 2.61. The van der Waals surface area contributed by atoms with Crippen molar-refractivity contribution in [1.82, 2.24) is 20.6 Å². The minimum absolute atomic E-state index is 0. The molecule has 0 amide bonds. The van der Waals surface area contributed by atoms with Gasteiger partial charge in [0.1, 0.15) is 0 Å². The molecule has 0 saturated carbocycles. The van der Waals surface area contributed by atoms with Crippen molar-refractivity contribution in [3.8, 4) is 5.88 Å². The van der Waals surface area contributed by atoms with Crippen molar-refractivity contribution in [2.24, 2.45) is 4.99 Å². The van der Waals surface area contributed by atoms with E-state index in [4.69, 9.17) is 4.74 Å². The van der Waals surface area contributed by atoms with Crippen molar-refractivity contribution in [1.29, 1.82) is 0 Å². The van der Waals surface area contributed by atoms with Crippen molar-refractivity contribution in [3.63, 3.8) is 0 Å². The predicted molar refractivity (Wildman–Crippen MR) is 116 cm³/mol. The first-order valence-corrected chi connectivity index (χ1v) is 8.71. The van der Waals surface area contributed by atoms with E-state index in [1.807, 2.05) is 50.4 Å². The van der Waals surface area contributed by atoms with E-state index in [0.717, 1.165) is 36.7 Å². The van der Waals surface area contributed by atoms with Crippen LogP contribution in [0, 0.1) is 0 Å². The highest BCUT2D eigenvalue weighted by molar-refractivity contribution is 14.0. The number of aliphatic imine (C=N–C) groups is 1. The number of rotatable bonds is 8. The van der Waals surface area contributed by atoms with Crippen LogP contribution in [0.3, 0.4) is 0 Å². The Bertz CT molecular complexity index is 647. The second kappa shape index (κ2) is 12.5. The molecule has 2 aromatic heterocycles. The number of halogens is 1. The second-order valence-electron chi connectivity index (χ2n) is 5.86. The molecule has 0 atom stereocenters. The zero-order valence-corrected chi connectivity index (χ0v) is 17.9.